The van der Waals surface area contributed by atoms with Crippen LogP contribution < -0.4 is 5.32 Å². The molecule has 0 aliphatic heterocycles. The van der Waals surface area contributed by atoms with Gasteiger partial charge < -0.3 is 15.5 Å². The van der Waals surface area contributed by atoms with E-state index >= 15 is 0 Å². The quantitative estimate of drug-likeness (QED) is 0.771. The molecule has 0 saturated heterocycles. The van der Waals surface area contributed by atoms with Gasteiger partial charge in [-0.25, -0.2) is 0 Å². The van der Waals surface area contributed by atoms with Crippen LogP contribution in [0.2, 0.25) is 0 Å². The van der Waals surface area contributed by atoms with E-state index in [1.807, 2.05) is 19.1 Å². The van der Waals surface area contributed by atoms with Gasteiger partial charge in [-0.05, 0) is 31.0 Å². The zero-order valence-electron chi connectivity index (χ0n) is 9.63. The third kappa shape index (κ3) is 4.22. The van der Waals surface area contributed by atoms with Crippen LogP contribution in [0.5, 0.6) is 0 Å². The molecule has 1 unspecified atom stereocenters. The Balaban J connectivity index is 2.46. The van der Waals surface area contributed by atoms with Crippen molar-refractivity contribution in [2.24, 2.45) is 0 Å². The lowest BCUT2D eigenvalue weighted by atomic mass is 10.1. The molecule has 0 aliphatic rings. The molecule has 0 spiro atoms. The molecule has 90 valence electrons. The number of aliphatic hydroxyl groups excluding tert-OH is 1. The summed E-state index contributed by atoms with van der Waals surface area (Å²) in [7, 11) is 0. The van der Waals surface area contributed by atoms with E-state index in [1.54, 1.807) is 6.92 Å². The summed E-state index contributed by atoms with van der Waals surface area (Å²) in [6.07, 6.45) is 0. The molecule has 3 N–H and O–H groups in total. The zero-order valence-corrected chi connectivity index (χ0v) is 11.2. The Morgan fingerprint density at radius 3 is 2.69 bits per heavy atom. The van der Waals surface area contributed by atoms with Crippen LogP contribution in [0.3, 0.4) is 0 Å². The lowest BCUT2D eigenvalue weighted by molar-refractivity contribution is 0.00254. The first-order chi connectivity index (χ1) is 7.44. The summed E-state index contributed by atoms with van der Waals surface area (Å²) in [6, 6.07) is 6.14. The molecule has 0 amide bonds. The van der Waals surface area contributed by atoms with E-state index in [1.165, 1.54) is 5.56 Å². The molecule has 0 bridgehead atoms. The highest BCUT2D eigenvalue weighted by Gasteiger charge is 2.17. The van der Waals surface area contributed by atoms with E-state index in [-0.39, 0.29) is 6.61 Å². The molecule has 0 fully saturated rings. The standard InChI is InChI=1S/C12H18BrNO2/c1-9-3-4-10(5-11(9)13)6-14-7-12(2,16)8-15/h3-5,14-16H,6-8H2,1-2H3. The van der Waals surface area contributed by atoms with Crippen molar-refractivity contribution in [1.82, 2.24) is 5.32 Å². The average molecular weight is 288 g/mol. The first-order valence-electron chi connectivity index (χ1n) is 5.23. The summed E-state index contributed by atoms with van der Waals surface area (Å²) in [5.74, 6) is 0. The van der Waals surface area contributed by atoms with Crippen LogP contribution in [0.4, 0.5) is 0 Å². The Kier molecular flexibility index (Phi) is 4.92. The van der Waals surface area contributed by atoms with Gasteiger partial charge in [0.15, 0.2) is 0 Å². The Labute approximate surface area is 105 Å². The highest BCUT2D eigenvalue weighted by molar-refractivity contribution is 9.10. The molecule has 0 aromatic heterocycles. The smallest absolute Gasteiger partial charge is 0.0972 e. The van der Waals surface area contributed by atoms with Gasteiger partial charge in [-0.3, -0.25) is 0 Å². The molecule has 0 saturated carbocycles. The molecule has 4 heteroatoms. The molecule has 0 heterocycles. The number of aryl methyl sites for hydroxylation is 1. The molecule has 16 heavy (non-hydrogen) atoms. The summed E-state index contributed by atoms with van der Waals surface area (Å²) < 4.78 is 1.08. The van der Waals surface area contributed by atoms with Crippen molar-refractivity contribution in [3.63, 3.8) is 0 Å². The van der Waals surface area contributed by atoms with Crippen LogP contribution in [0.1, 0.15) is 18.1 Å². The molecular formula is C12H18BrNO2. The largest absolute Gasteiger partial charge is 0.393 e. The fourth-order valence-corrected chi connectivity index (χ4v) is 1.70. The fourth-order valence-electron chi connectivity index (χ4n) is 1.28. The van der Waals surface area contributed by atoms with Crippen molar-refractivity contribution in [2.45, 2.75) is 26.0 Å². The predicted octanol–water partition coefficient (Wildman–Crippen LogP) is 1.59. The lowest BCUT2D eigenvalue weighted by Gasteiger charge is -2.20. The van der Waals surface area contributed by atoms with Gasteiger partial charge in [-0.1, -0.05) is 28.1 Å². The van der Waals surface area contributed by atoms with Crippen LogP contribution in [-0.4, -0.2) is 29.0 Å². The third-order valence-electron chi connectivity index (χ3n) is 2.41. The van der Waals surface area contributed by atoms with Gasteiger partial charge in [0.2, 0.25) is 0 Å². The second-order valence-electron chi connectivity index (χ2n) is 4.34. The van der Waals surface area contributed by atoms with Crippen molar-refractivity contribution < 1.29 is 10.2 Å². The van der Waals surface area contributed by atoms with Crippen molar-refractivity contribution in [3.8, 4) is 0 Å². The first kappa shape index (κ1) is 13.6. The molecule has 1 aromatic rings. The lowest BCUT2D eigenvalue weighted by Crippen LogP contribution is -2.40. The molecule has 0 aliphatic carbocycles. The van der Waals surface area contributed by atoms with Gasteiger partial charge in [-0.2, -0.15) is 0 Å². The Bertz CT molecular complexity index is 353. The Hall–Kier alpha value is -0.420. The average Bonchev–Trinajstić information content (AvgIpc) is 2.23. The molecule has 1 atom stereocenters. The molecule has 1 aromatic carbocycles. The van der Waals surface area contributed by atoms with E-state index in [9.17, 15) is 5.11 Å². The van der Waals surface area contributed by atoms with Crippen LogP contribution in [0.15, 0.2) is 22.7 Å². The maximum Gasteiger partial charge on any atom is 0.0972 e. The number of benzene rings is 1. The van der Waals surface area contributed by atoms with E-state index < -0.39 is 5.60 Å². The maximum atomic E-state index is 9.58. The minimum absolute atomic E-state index is 0.238. The SMILES string of the molecule is Cc1ccc(CNCC(C)(O)CO)cc1Br. The second-order valence-corrected chi connectivity index (χ2v) is 5.20. The molecular weight excluding hydrogens is 270 g/mol. The summed E-state index contributed by atoms with van der Waals surface area (Å²) in [5.41, 5.74) is 1.29. The van der Waals surface area contributed by atoms with Crippen molar-refractivity contribution in [1.29, 1.82) is 0 Å². The Morgan fingerprint density at radius 2 is 2.12 bits per heavy atom. The molecule has 0 radical (unpaired) electrons. The number of aliphatic hydroxyl groups is 2. The fraction of sp³-hybridized carbons (Fsp3) is 0.500. The predicted molar refractivity (Wildman–Crippen MR) is 68.3 cm³/mol. The number of halogens is 1. The van der Waals surface area contributed by atoms with Crippen LogP contribution >= 0.6 is 15.9 Å². The van der Waals surface area contributed by atoms with E-state index in [0.29, 0.717) is 13.1 Å². The monoisotopic (exact) mass is 287 g/mol. The summed E-state index contributed by atoms with van der Waals surface area (Å²) >= 11 is 3.47. The van der Waals surface area contributed by atoms with Crippen LogP contribution in [0, 0.1) is 6.92 Å². The van der Waals surface area contributed by atoms with E-state index in [2.05, 4.69) is 27.3 Å². The number of rotatable bonds is 5. The minimum atomic E-state index is -1.05. The summed E-state index contributed by atoms with van der Waals surface area (Å²) in [5, 5.41) is 21.6. The van der Waals surface area contributed by atoms with Gasteiger partial charge in [0, 0.05) is 17.6 Å². The van der Waals surface area contributed by atoms with Gasteiger partial charge in [0.25, 0.3) is 0 Å². The van der Waals surface area contributed by atoms with Crippen LogP contribution in [0.25, 0.3) is 0 Å². The molecule has 1 rings (SSSR count). The molecule has 3 nitrogen and oxygen atoms in total. The van der Waals surface area contributed by atoms with E-state index in [4.69, 9.17) is 5.11 Å². The normalized spacial score (nSPS) is 14.8. The highest BCUT2D eigenvalue weighted by atomic mass is 79.9. The number of hydrogen-bond acceptors (Lipinski definition) is 3. The van der Waals surface area contributed by atoms with Crippen molar-refractivity contribution in [3.05, 3.63) is 33.8 Å². The van der Waals surface area contributed by atoms with E-state index in [0.717, 1.165) is 10.0 Å². The summed E-state index contributed by atoms with van der Waals surface area (Å²) in [4.78, 5) is 0. The number of nitrogens with one attached hydrogen (secondary N) is 1. The van der Waals surface area contributed by atoms with Gasteiger partial charge >= 0.3 is 0 Å². The Morgan fingerprint density at radius 1 is 1.44 bits per heavy atom. The first-order valence-corrected chi connectivity index (χ1v) is 6.03. The van der Waals surface area contributed by atoms with Crippen molar-refractivity contribution >= 4 is 15.9 Å². The maximum absolute atomic E-state index is 9.58. The van der Waals surface area contributed by atoms with Crippen molar-refractivity contribution in [2.75, 3.05) is 13.2 Å². The van der Waals surface area contributed by atoms with Crippen LogP contribution in [-0.2, 0) is 6.54 Å². The van der Waals surface area contributed by atoms with Gasteiger partial charge in [-0.15, -0.1) is 0 Å². The summed E-state index contributed by atoms with van der Waals surface area (Å²) in [6.45, 7) is 4.45. The topological polar surface area (TPSA) is 52.5 Å². The zero-order chi connectivity index (χ0) is 12.2. The second kappa shape index (κ2) is 5.77. The number of hydrogen-bond donors (Lipinski definition) is 3. The van der Waals surface area contributed by atoms with Gasteiger partial charge in [0.1, 0.15) is 0 Å². The van der Waals surface area contributed by atoms with Gasteiger partial charge in [0.05, 0.1) is 12.2 Å². The third-order valence-corrected chi connectivity index (χ3v) is 3.27. The highest BCUT2D eigenvalue weighted by Crippen LogP contribution is 2.17. The minimum Gasteiger partial charge on any atom is -0.393 e.